The number of halogens is 2. The minimum Gasteiger partial charge on any atom is -0.449 e. The lowest BCUT2D eigenvalue weighted by molar-refractivity contribution is -0.140. The molecule has 0 spiro atoms. The third kappa shape index (κ3) is 4.66. The number of anilines is 1. The first-order valence-electron chi connectivity index (χ1n) is 8.70. The molecule has 5 nitrogen and oxygen atoms in total. The first-order chi connectivity index (χ1) is 13.0. The number of piperazine rings is 1. The highest BCUT2D eigenvalue weighted by Gasteiger charge is 2.28. The molecule has 142 valence electrons. The summed E-state index contributed by atoms with van der Waals surface area (Å²) in [5.41, 5.74) is 1.18. The van der Waals surface area contributed by atoms with Gasteiger partial charge in [-0.15, -0.1) is 0 Å². The lowest BCUT2D eigenvalue weighted by Crippen LogP contribution is -2.51. The Labute approximate surface area is 165 Å². The van der Waals surface area contributed by atoms with Gasteiger partial charge in [0.25, 0.3) is 5.91 Å². The van der Waals surface area contributed by atoms with E-state index in [0.717, 1.165) is 11.8 Å². The Morgan fingerprint density at radius 3 is 2.41 bits per heavy atom. The van der Waals surface area contributed by atoms with Crippen LogP contribution in [0, 0.1) is 5.82 Å². The maximum atomic E-state index is 13.4. The number of carbonyl (C=O) groups excluding carboxylic acids is 2. The normalized spacial score (nSPS) is 15.4. The standard InChI is InChI=1S/C20H20BrFN2O3/c1-14(27-20(26)17-13-15(22)7-8-18(17)21)19(25)24-11-9-23(10-12-24)16-5-3-2-4-6-16/h2-8,13-14H,9-12H2,1H3. The van der Waals surface area contributed by atoms with Gasteiger partial charge >= 0.3 is 5.97 Å². The Hall–Kier alpha value is -2.41. The highest BCUT2D eigenvalue weighted by molar-refractivity contribution is 9.10. The van der Waals surface area contributed by atoms with E-state index in [4.69, 9.17) is 4.74 Å². The number of carbonyl (C=O) groups is 2. The Kier molecular flexibility index (Phi) is 6.11. The second-order valence-electron chi connectivity index (χ2n) is 6.32. The average molecular weight is 435 g/mol. The number of nitrogens with zero attached hydrogens (tertiary/aromatic N) is 2. The van der Waals surface area contributed by atoms with Crippen LogP contribution in [0.5, 0.6) is 0 Å². The highest BCUT2D eigenvalue weighted by atomic mass is 79.9. The van der Waals surface area contributed by atoms with Crippen LogP contribution < -0.4 is 4.90 Å². The second-order valence-corrected chi connectivity index (χ2v) is 7.17. The smallest absolute Gasteiger partial charge is 0.340 e. The van der Waals surface area contributed by atoms with Gasteiger partial charge in [0, 0.05) is 36.3 Å². The van der Waals surface area contributed by atoms with Crippen molar-refractivity contribution >= 4 is 33.5 Å². The van der Waals surface area contributed by atoms with Crippen molar-refractivity contribution in [2.24, 2.45) is 0 Å². The molecule has 1 heterocycles. The van der Waals surface area contributed by atoms with Gasteiger partial charge in [0.1, 0.15) is 5.82 Å². The summed E-state index contributed by atoms with van der Waals surface area (Å²) in [6, 6.07) is 13.8. The molecule has 1 unspecified atom stereocenters. The molecule has 1 amide bonds. The van der Waals surface area contributed by atoms with Gasteiger partial charge in [0.2, 0.25) is 0 Å². The summed E-state index contributed by atoms with van der Waals surface area (Å²) in [6.45, 7) is 4.08. The van der Waals surface area contributed by atoms with Crippen LogP contribution in [-0.2, 0) is 9.53 Å². The molecule has 27 heavy (non-hydrogen) atoms. The molecular weight excluding hydrogens is 415 g/mol. The van der Waals surface area contributed by atoms with E-state index < -0.39 is 17.9 Å². The van der Waals surface area contributed by atoms with Gasteiger partial charge in [0.05, 0.1) is 5.56 Å². The van der Waals surface area contributed by atoms with Gasteiger partial charge in [-0.25, -0.2) is 9.18 Å². The Morgan fingerprint density at radius 1 is 1.07 bits per heavy atom. The summed E-state index contributed by atoms with van der Waals surface area (Å²) >= 11 is 3.20. The van der Waals surface area contributed by atoms with Crippen molar-refractivity contribution in [1.82, 2.24) is 4.90 Å². The number of esters is 1. The number of amides is 1. The van der Waals surface area contributed by atoms with Crippen LogP contribution in [0.4, 0.5) is 10.1 Å². The molecule has 3 rings (SSSR count). The summed E-state index contributed by atoms with van der Waals surface area (Å²) in [7, 11) is 0. The molecule has 0 saturated carbocycles. The Balaban J connectivity index is 1.56. The van der Waals surface area contributed by atoms with Crippen molar-refractivity contribution in [3.05, 3.63) is 64.4 Å². The number of hydrogen-bond donors (Lipinski definition) is 0. The largest absolute Gasteiger partial charge is 0.449 e. The maximum Gasteiger partial charge on any atom is 0.340 e. The third-order valence-corrected chi connectivity index (χ3v) is 5.18. The van der Waals surface area contributed by atoms with Crippen molar-refractivity contribution in [1.29, 1.82) is 0 Å². The Bertz CT molecular complexity index is 823. The summed E-state index contributed by atoms with van der Waals surface area (Å²) in [6.07, 6.45) is -0.934. The van der Waals surface area contributed by atoms with E-state index in [-0.39, 0.29) is 11.5 Å². The molecule has 0 aliphatic carbocycles. The van der Waals surface area contributed by atoms with E-state index in [9.17, 15) is 14.0 Å². The van der Waals surface area contributed by atoms with E-state index in [1.165, 1.54) is 19.1 Å². The van der Waals surface area contributed by atoms with Crippen LogP contribution in [-0.4, -0.2) is 49.1 Å². The van der Waals surface area contributed by atoms with Gasteiger partial charge in [-0.3, -0.25) is 4.79 Å². The maximum absolute atomic E-state index is 13.4. The molecule has 1 saturated heterocycles. The molecule has 1 atom stereocenters. The second kappa shape index (κ2) is 8.52. The molecule has 0 radical (unpaired) electrons. The molecular formula is C20H20BrFN2O3. The highest BCUT2D eigenvalue weighted by Crippen LogP contribution is 2.20. The summed E-state index contributed by atoms with van der Waals surface area (Å²) in [5, 5.41) is 0. The predicted octanol–water partition coefficient (Wildman–Crippen LogP) is 3.48. The fraction of sp³-hybridized carbons (Fsp3) is 0.300. The lowest BCUT2D eigenvalue weighted by Gasteiger charge is -2.37. The van der Waals surface area contributed by atoms with E-state index in [2.05, 4.69) is 20.8 Å². The average Bonchev–Trinajstić information content (AvgIpc) is 2.70. The molecule has 1 fully saturated rings. The molecule has 0 bridgehead atoms. The fourth-order valence-electron chi connectivity index (χ4n) is 3.01. The van der Waals surface area contributed by atoms with Gasteiger partial charge in [0.15, 0.2) is 6.10 Å². The van der Waals surface area contributed by atoms with Crippen LogP contribution in [0.2, 0.25) is 0 Å². The molecule has 2 aromatic rings. The van der Waals surface area contributed by atoms with E-state index >= 15 is 0 Å². The van der Waals surface area contributed by atoms with Crippen molar-refractivity contribution in [3.63, 3.8) is 0 Å². The predicted molar refractivity (Wildman–Crippen MR) is 104 cm³/mol. The van der Waals surface area contributed by atoms with Crippen LogP contribution in [0.15, 0.2) is 53.0 Å². The molecule has 0 N–H and O–H groups in total. The Morgan fingerprint density at radius 2 is 1.74 bits per heavy atom. The van der Waals surface area contributed by atoms with Crippen molar-refractivity contribution in [3.8, 4) is 0 Å². The fourth-order valence-corrected chi connectivity index (χ4v) is 3.42. The number of hydrogen-bond acceptors (Lipinski definition) is 4. The summed E-state index contributed by atoms with van der Waals surface area (Å²) in [5.74, 6) is -1.52. The van der Waals surface area contributed by atoms with E-state index in [0.29, 0.717) is 30.7 Å². The molecule has 0 aromatic heterocycles. The first-order valence-corrected chi connectivity index (χ1v) is 9.50. The van der Waals surface area contributed by atoms with Crippen LogP contribution in [0.1, 0.15) is 17.3 Å². The van der Waals surface area contributed by atoms with Gasteiger partial charge in [-0.1, -0.05) is 18.2 Å². The first kappa shape index (κ1) is 19.4. The molecule has 1 aliphatic heterocycles. The van der Waals surface area contributed by atoms with Gasteiger partial charge in [-0.2, -0.15) is 0 Å². The van der Waals surface area contributed by atoms with Crippen molar-refractivity contribution in [2.75, 3.05) is 31.1 Å². The number of rotatable bonds is 4. The number of benzene rings is 2. The minimum absolute atomic E-state index is 0.0588. The van der Waals surface area contributed by atoms with E-state index in [1.54, 1.807) is 4.90 Å². The monoisotopic (exact) mass is 434 g/mol. The quantitative estimate of drug-likeness (QED) is 0.691. The van der Waals surface area contributed by atoms with Crippen LogP contribution >= 0.6 is 15.9 Å². The van der Waals surface area contributed by atoms with Crippen molar-refractivity contribution < 1.29 is 18.7 Å². The molecule has 7 heteroatoms. The van der Waals surface area contributed by atoms with Gasteiger partial charge < -0.3 is 14.5 Å². The van der Waals surface area contributed by atoms with Crippen LogP contribution in [0.25, 0.3) is 0 Å². The number of ether oxygens (including phenoxy) is 1. The van der Waals surface area contributed by atoms with E-state index in [1.807, 2.05) is 30.3 Å². The summed E-state index contributed by atoms with van der Waals surface area (Å²) in [4.78, 5) is 28.8. The lowest BCUT2D eigenvalue weighted by atomic mass is 10.2. The zero-order valence-electron chi connectivity index (χ0n) is 14.9. The molecule has 1 aliphatic rings. The SMILES string of the molecule is CC(OC(=O)c1cc(F)ccc1Br)C(=O)N1CCN(c2ccccc2)CC1. The topological polar surface area (TPSA) is 49.9 Å². The third-order valence-electron chi connectivity index (χ3n) is 4.49. The van der Waals surface area contributed by atoms with Crippen LogP contribution in [0.3, 0.4) is 0 Å². The van der Waals surface area contributed by atoms with Gasteiger partial charge in [-0.05, 0) is 53.2 Å². The summed E-state index contributed by atoms with van der Waals surface area (Å²) < 4.78 is 19.0. The van der Waals surface area contributed by atoms with Crippen molar-refractivity contribution in [2.45, 2.75) is 13.0 Å². The molecule has 2 aromatic carbocycles. The number of para-hydroxylation sites is 1. The zero-order valence-corrected chi connectivity index (χ0v) is 16.5. The minimum atomic E-state index is -0.934. The zero-order chi connectivity index (χ0) is 19.4.